The van der Waals surface area contributed by atoms with E-state index < -0.39 is 0 Å². The Bertz CT molecular complexity index is 179. The van der Waals surface area contributed by atoms with Crippen LogP contribution in [0.5, 0.6) is 0 Å². The summed E-state index contributed by atoms with van der Waals surface area (Å²) in [6.45, 7) is 1.42. The van der Waals surface area contributed by atoms with Crippen LogP contribution in [-0.4, -0.2) is 37.0 Å². The summed E-state index contributed by atoms with van der Waals surface area (Å²) in [5.74, 6) is -0.305. The molecule has 5 heteroatoms. The number of carbonyl (C=O) groups is 2. The van der Waals surface area contributed by atoms with Gasteiger partial charge in [0.2, 0.25) is 12.5 Å². The predicted molar refractivity (Wildman–Crippen MR) is 51.4 cm³/mol. The molecule has 13 heavy (non-hydrogen) atoms. The molecule has 0 rings (SSSR count). The molecular formula is C8H15O4S+. The molecule has 0 bridgehead atoms. The van der Waals surface area contributed by atoms with Crippen LogP contribution in [0.15, 0.2) is 0 Å². The van der Waals surface area contributed by atoms with Gasteiger partial charge in [0.1, 0.15) is 0 Å². The van der Waals surface area contributed by atoms with E-state index >= 15 is 0 Å². The predicted octanol–water partition coefficient (Wildman–Crippen LogP) is 0.318. The highest BCUT2D eigenvalue weighted by molar-refractivity contribution is 7.96. The molecule has 0 N–H and O–H groups in total. The summed E-state index contributed by atoms with van der Waals surface area (Å²) in [5.41, 5.74) is 0. The van der Waals surface area contributed by atoms with E-state index in [0.29, 0.717) is 12.2 Å². The van der Waals surface area contributed by atoms with Crippen molar-refractivity contribution in [1.82, 2.24) is 0 Å². The molecule has 0 aromatic carbocycles. The van der Waals surface area contributed by atoms with Gasteiger partial charge in [-0.15, -0.1) is 0 Å². The second-order valence-corrected chi connectivity index (χ2v) is 4.89. The van der Waals surface area contributed by atoms with Gasteiger partial charge in [0, 0.05) is 6.42 Å². The van der Waals surface area contributed by atoms with Crippen LogP contribution >= 0.6 is 0 Å². The third kappa shape index (κ3) is 7.64. The van der Waals surface area contributed by atoms with E-state index in [-0.39, 0.29) is 29.6 Å². The SMILES string of the molecule is CCC(=O)OCOC(=O)C[S+](C)C. The smallest absolute Gasteiger partial charge is 0.359 e. The summed E-state index contributed by atoms with van der Waals surface area (Å²) in [6, 6.07) is 0. The van der Waals surface area contributed by atoms with Crippen LogP contribution in [0.4, 0.5) is 0 Å². The molecule has 0 amide bonds. The minimum absolute atomic E-state index is 0.0234. The lowest BCUT2D eigenvalue weighted by Gasteiger charge is -2.03. The first-order chi connectivity index (χ1) is 6.06. The van der Waals surface area contributed by atoms with Crippen molar-refractivity contribution in [3.63, 3.8) is 0 Å². The molecule has 0 unspecified atom stereocenters. The average Bonchev–Trinajstić information content (AvgIpc) is 2.02. The number of rotatable bonds is 5. The molecule has 0 aliphatic rings. The van der Waals surface area contributed by atoms with Gasteiger partial charge in [0.25, 0.3) is 0 Å². The minimum atomic E-state index is -0.361. The van der Waals surface area contributed by atoms with Crippen molar-refractivity contribution in [2.75, 3.05) is 25.1 Å². The van der Waals surface area contributed by atoms with Crippen LogP contribution < -0.4 is 0 Å². The average molecular weight is 207 g/mol. The largest absolute Gasteiger partial charge is 0.428 e. The summed E-state index contributed by atoms with van der Waals surface area (Å²) < 4.78 is 9.21. The summed E-state index contributed by atoms with van der Waals surface area (Å²) in [6.07, 6.45) is 4.18. The first-order valence-electron chi connectivity index (χ1n) is 3.91. The van der Waals surface area contributed by atoms with Gasteiger partial charge in [-0.05, 0) is 10.9 Å². The van der Waals surface area contributed by atoms with Crippen LogP contribution in [0.25, 0.3) is 0 Å². The molecule has 0 aromatic heterocycles. The Balaban J connectivity index is 3.42. The minimum Gasteiger partial charge on any atom is -0.428 e. The molecule has 76 valence electrons. The molecule has 0 atom stereocenters. The second kappa shape index (κ2) is 6.77. The van der Waals surface area contributed by atoms with E-state index in [2.05, 4.69) is 9.47 Å². The molecule has 0 radical (unpaired) electrons. The third-order valence-corrected chi connectivity index (χ3v) is 1.95. The van der Waals surface area contributed by atoms with E-state index in [1.807, 2.05) is 12.5 Å². The zero-order valence-corrected chi connectivity index (χ0v) is 8.98. The zero-order valence-electron chi connectivity index (χ0n) is 8.16. The lowest BCUT2D eigenvalue weighted by molar-refractivity contribution is -0.165. The Morgan fingerprint density at radius 2 is 1.69 bits per heavy atom. The number of carbonyl (C=O) groups excluding carboxylic acids is 2. The van der Waals surface area contributed by atoms with E-state index in [1.165, 1.54) is 0 Å². The van der Waals surface area contributed by atoms with Crippen LogP contribution in [0, 0.1) is 0 Å². The Labute approximate surface area is 80.9 Å². The highest BCUT2D eigenvalue weighted by Crippen LogP contribution is 1.90. The molecule has 0 aromatic rings. The quantitative estimate of drug-likeness (QED) is 0.370. The van der Waals surface area contributed by atoms with Crippen molar-refractivity contribution >= 4 is 22.8 Å². The fourth-order valence-electron chi connectivity index (χ4n) is 0.540. The molecule has 0 heterocycles. The number of esters is 2. The van der Waals surface area contributed by atoms with Crippen LogP contribution in [0.2, 0.25) is 0 Å². The van der Waals surface area contributed by atoms with Gasteiger partial charge in [0.05, 0.1) is 12.5 Å². The van der Waals surface area contributed by atoms with E-state index in [4.69, 9.17) is 0 Å². The summed E-state index contributed by atoms with van der Waals surface area (Å²) >= 11 is 0. The van der Waals surface area contributed by atoms with Crippen molar-refractivity contribution in [3.8, 4) is 0 Å². The maximum absolute atomic E-state index is 10.9. The van der Waals surface area contributed by atoms with Gasteiger partial charge in [-0.3, -0.25) is 4.79 Å². The van der Waals surface area contributed by atoms with Crippen molar-refractivity contribution in [3.05, 3.63) is 0 Å². The van der Waals surface area contributed by atoms with Gasteiger partial charge in [-0.25, -0.2) is 4.79 Å². The molecule has 0 saturated carbocycles. The molecule has 0 saturated heterocycles. The number of hydrogen-bond acceptors (Lipinski definition) is 4. The van der Waals surface area contributed by atoms with Crippen molar-refractivity contribution in [1.29, 1.82) is 0 Å². The van der Waals surface area contributed by atoms with Gasteiger partial charge >= 0.3 is 11.9 Å². The maximum atomic E-state index is 10.9. The standard InChI is InChI=1S/C8H15O4S/c1-4-7(9)11-6-12-8(10)5-13(2)3/h4-6H2,1-3H3/q+1. The van der Waals surface area contributed by atoms with Gasteiger partial charge < -0.3 is 9.47 Å². The molecule has 4 nitrogen and oxygen atoms in total. The summed E-state index contributed by atoms with van der Waals surface area (Å²) in [4.78, 5) is 21.5. The van der Waals surface area contributed by atoms with E-state index in [0.717, 1.165) is 0 Å². The fourth-order valence-corrected chi connectivity index (χ4v) is 1.10. The molecule has 0 aliphatic carbocycles. The first kappa shape index (κ1) is 12.3. The fraction of sp³-hybridized carbons (Fsp3) is 0.750. The zero-order chi connectivity index (χ0) is 10.3. The molecule has 0 aliphatic heterocycles. The Hall–Kier alpha value is -0.710. The Kier molecular flexibility index (Phi) is 6.40. The van der Waals surface area contributed by atoms with Crippen molar-refractivity contribution in [2.45, 2.75) is 13.3 Å². The lowest BCUT2D eigenvalue weighted by atomic mass is 10.5. The number of hydrogen-bond donors (Lipinski definition) is 0. The second-order valence-electron chi connectivity index (χ2n) is 2.63. The van der Waals surface area contributed by atoms with Gasteiger partial charge in [-0.1, -0.05) is 6.92 Å². The van der Waals surface area contributed by atoms with Crippen LogP contribution in [0.1, 0.15) is 13.3 Å². The van der Waals surface area contributed by atoms with Crippen molar-refractivity contribution in [2.24, 2.45) is 0 Å². The van der Waals surface area contributed by atoms with E-state index in [1.54, 1.807) is 6.92 Å². The van der Waals surface area contributed by atoms with Crippen LogP contribution in [0.3, 0.4) is 0 Å². The van der Waals surface area contributed by atoms with Gasteiger partial charge in [-0.2, -0.15) is 0 Å². The van der Waals surface area contributed by atoms with Crippen molar-refractivity contribution < 1.29 is 19.1 Å². The number of ether oxygens (including phenoxy) is 2. The Morgan fingerprint density at radius 3 is 2.15 bits per heavy atom. The van der Waals surface area contributed by atoms with Gasteiger partial charge in [0.15, 0.2) is 0 Å². The monoisotopic (exact) mass is 207 g/mol. The molecular weight excluding hydrogens is 192 g/mol. The lowest BCUT2D eigenvalue weighted by Crippen LogP contribution is -2.19. The summed E-state index contributed by atoms with van der Waals surface area (Å²) in [7, 11) is 0.0234. The highest BCUT2D eigenvalue weighted by atomic mass is 32.2. The first-order valence-corrected chi connectivity index (χ1v) is 6.12. The van der Waals surface area contributed by atoms with E-state index in [9.17, 15) is 9.59 Å². The van der Waals surface area contributed by atoms with Crippen LogP contribution in [-0.2, 0) is 30.0 Å². The maximum Gasteiger partial charge on any atom is 0.359 e. The topological polar surface area (TPSA) is 52.6 Å². The third-order valence-electron chi connectivity index (χ3n) is 1.14. The molecule has 0 spiro atoms. The highest BCUT2D eigenvalue weighted by Gasteiger charge is 2.12. The Morgan fingerprint density at radius 1 is 1.15 bits per heavy atom. The normalized spacial score (nSPS) is 9.85. The summed E-state index contributed by atoms with van der Waals surface area (Å²) in [5, 5.41) is 0. The molecule has 0 fully saturated rings.